The molecule has 150 valence electrons. The molecule has 3 unspecified atom stereocenters. The second-order valence-electron chi connectivity index (χ2n) is 6.13. The van der Waals surface area contributed by atoms with Gasteiger partial charge in [0.1, 0.15) is 6.29 Å². The normalized spacial score (nSPS) is 17.3. The molecule has 1 aromatic rings. The number of allylic oxidation sites excluding steroid dienone is 1. The number of anilines is 1. The Morgan fingerprint density at radius 2 is 1.96 bits per heavy atom. The minimum atomic E-state index is -0.422. The molecule has 1 heterocycles. The lowest BCUT2D eigenvalue weighted by Gasteiger charge is -2.30. The first-order valence-electron chi connectivity index (χ1n) is 8.75. The molecule has 1 aromatic carbocycles. The zero-order chi connectivity index (χ0) is 21.0. The molecule has 7 heteroatoms. The summed E-state index contributed by atoms with van der Waals surface area (Å²) in [6.07, 6.45) is 6.20. The van der Waals surface area contributed by atoms with Gasteiger partial charge < -0.3 is 27.0 Å². The van der Waals surface area contributed by atoms with E-state index >= 15 is 0 Å². The van der Waals surface area contributed by atoms with Crippen molar-refractivity contribution in [3.05, 3.63) is 54.3 Å². The molecule has 0 aliphatic carbocycles. The highest BCUT2D eigenvalue weighted by Gasteiger charge is 2.35. The van der Waals surface area contributed by atoms with E-state index in [0.717, 1.165) is 17.5 Å². The lowest BCUT2D eigenvalue weighted by atomic mass is 9.83. The molecule has 0 saturated carbocycles. The van der Waals surface area contributed by atoms with Gasteiger partial charge in [-0.3, -0.25) is 4.79 Å². The molecule has 0 saturated heterocycles. The number of fused-ring (bicyclic) bond motifs is 1. The van der Waals surface area contributed by atoms with Crippen molar-refractivity contribution in [3.63, 3.8) is 0 Å². The smallest absolute Gasteiger partial charge is 0.248 e. The van der Waals surface area contributed by atoms with Gasteiger partial charge in [-0.05, 0) is 56.9 Å². The van der Waals surface area contributed by atoms with Gasteiger partial charge in [0.25, 0.3) is 0 Å². The Hall–Kier alpha value is -2.64. The standard InChI is InChI=1S/C16H22N4O.C2H7N.C2H4O/c1-4-10(2)12(7-8-17)15-13-9-11(16(18)21)5-6-14(13)19-20(15)3;1-3-2;1-2-3/h4-10,12,15,19H,1,17H2,2-3H3,(H2,18,21);3H,1-2H3;2H,1H3/b8-7+;;. The van der Waals surface area contributed by atoms with Gasteiger partial charge in [0.15, 0.2) is 0 Å². The van der Waals surface area contributed by atoms with Crippen LogP contribution in [-0.2, 0) is 4.79 Å². The molecule has 0 radical (unpaired) electrons. The van der Waals surface area contributed by atoms with Gasteiger partial charge in [0.2, 0.25) is 5.91 Å². The third-order valence-corrected chi connectivity index (χ3v) is 4.05. The summed E-state index contributed by atoms with van der Waals surface area (Å²) < 4.78 is 0. The first kappa shape index (κ1) is 24.4. The average Bonchev–Trinajstić information content (AvgIpc) is 2.95. The minimum Gasteiger partial charge on any atom is -0.405 e. The summed E-state index contributed by atoms with van der Waals surface area (Å²) in [4.78, 5) is 20.2. The number of amides is 1. The van der Waals surface area contributed by atoms with Gasteiger partial charge in [0, 0.05) is 18.5 Å². The second kappa shape index (κ2) is 12.7. The van der Waals surface area contributed by atoms with Crippen LogP contribution in [0, 0.1) is 11.8 Å². The molecule has 1 aliphatic heterocycles. The number of benzene rings is 1. The topological polar surface area (TPSA) is 113 Å². The average molecular weight is 376 g/mol. The molecule has 3 atom stereocenters. The van der Waals surface area contributed by atoms with E-state index in [9.17, 15) is 4.79 Å². The maximum atomic E-state index is 11.4. The predicted molar refractivity (Wildman–Crippen MR) is 112 cm³/mol. The Kier molecular flexibility index (Phi) is 11.4. The van der Waals surface area contributed by atoms with Gasteiger partial charge in [-0.2, -0.15) is 0 Å². The van der Waals surface area contributed by atoms with Crippen molar-refractivity contribution < 1.29 is 9.59 Å². The predicted octanol–water partition coefficient (Wildman–Crippen LogP) is 2.05. The first-order chi connectivity index (χ1) is 12.8. The van der Waals surface area contributed by atoms with Crippen LogP contribution >= 0.6 is 0 Å². The molecule has 1 amide bonds. The van der Waals surface area contributed by atoms with Crippen molar-refractivity contribution in [1.29, 1.82) is 0 Å². The fourth-order valence-electron chi connectivity index (χ4n) is 2.85. The van der Waals surface area contributed by atoms with E-state index in [0.29, 0.717) is 5.56 Å². The van der Waals surface area contributed by atoms with E-state index in [2.05, 4.69) is 24.2 Å². The fraction of sp³-hybridized carbons (Fsp3) is 0.400. The van der Waals surface area contributed by atoms with Crippen LogP contribution in [0.3, 0.4) is 0 Å². The molecule has 27 heavy (non-hydrogen) atoms. The molecule has 6 N–H and O–H groups in total. The van der Waals surface area contributed by atoms with Crippen molar-refractivity contribution >= 4 is 17.9 Å². The quantitative estimate of drug-likeness (QED) is 0.463. The Morgan fingerprint density at radius 3 is 2.41 bits per heavy atom. The summed E-state index contributed by atoms with van der Waals surface area (Å²) in [5, 5.41) is 4.78. The van der Waals surface area contributed by atoms with E-state index in [1.54, 1.807) is 12.3 Å². The van der Waals surface area contributed by atoms with Crippen molar-refractivity contribution in [1.82, 2.24) is 10.3 Å². The number of hydrogen-bond acceptors (Lipinski definition) is 6. The van der Waals surface area contributed by atoms with Gasteiger partial charge in [-0.25, -0.2) is 5.01 Å². The van der Waals surface area contributed by atoms with Crippen LogP contribution in [0.2, 0.25) is 0 Å². The summed E-state index contributed by atoms with van der Waals surface area (Å²) in [6, 6.07) is 5.53. The molecule has 0 bridgehead atoms. The summed E-state index contributed by atoms with van der Waals surface area (Å²) in [6.45, 7) is 7.42. The molecule has 1 aliphatic rings. The zero-order valence-corrected chi connectivity index (χ0v) is 16.9. The fourth-order valence-corrected chi connectivity index (χ4v) is 2.85. The number of carbonyl (C=O) groups excluding carboxylic acids is 2. The largest absolute Gasteiger partial charge is 0.405 e. The molecule has 0 fully saturated rings. The van der Waals surface area contributed by atoms with E-state index in [1.165, 1.54) is 6.92 Å². The Labute approximate surface area is 162 Å². The number of rotatable bonds is 5. The van der Waals surface area contributed by atoms with Gasteiger partial charge in [-0.1, -0.05) is 19.1 Å². The van der Waals surface area contributed by atoms with Crippen LogP contribution in [0.1, 0.15) is 35.8 Å². The number of hydrazine groups is 1. The number of nitrogens with zero attached hydrogens (tertiary/aromatic N) is 1. The number of nitrogens with one attached hydrogen (secondary N) is 2. The lowest BCUT2D eigenvalue weighted by molar-refractivity contribution is -0.106. The third-order valence-electron chi connectivity index (χ3n) is 4.05. The number of primary amides is 1. The lowest BCUT2D eigenvalue weighted by Crippen LogP contribution is -2.30. The zero-order valence-electron chi connectivity index (χ0n) is 16.9. The Balaban J connectivity index is 0.000000997. The number of nitrogens with two attached hydrogens (primary N) is 2. The van der Waals surface area contributed by atoms with Crippen LogP contribution < -0.4 is 22.2 Å². The molecule has 0 aromatic heterocycles. The highest BCUT2D eigenvalue weighted by Crippen LogP contribution is 2.42. The van der Waals surface area contributed by atoms with E-state index < -0.39 is 5.91 Å². The SMILES string of the molecule is C=CC(C)C(/C=C/N)C1c2cc(C(N)=O)ccc2NN1C.CC=O.CNC. The molecule has 7 nitrogen and oxygen atoms in total. The number of hydrogen-bond donors (Lipinski definition) is 4. The highest BCUT2D eigenvalue weighted by atomic mass is 16.1. The van der Waals surface area contributed by atoms with Crippen molar-refractivity contribution in [2.24, 2.45) is 23.3 Å². The maximum absolute atomic E-state index is 11.4. The van der Waals surface area contributed by atoms with Gasteiger partial charge >= 0.3 is 0 Å². The van der Waals surface area contributed by atoms with Crippen LogP contribution in [0.25, 0.3) is 0 Å². The minimum absolute atomic E-state index is 0.0621. The molecule has 2 rings (SSSR count). The summed E-state index contributed by atoms with van der Waals surface area (Å²) in [7, 11) is 5.72. The Bertz CT molecular complexity index is 645. The van der Waals surface area contributed by atoms with Crippen LogP contribution in [0.4, 0.5) is 5.69 Å². The van der Waals surface area contributed by atoms with Gasteiger partial charge in [0.05, 0.1) is 11.7 Å². The van der Waals surface area contributed by atoms with E-state index in [4.69, 9.17) is 16.3 Å². The third kappa shape index (κ3) is 6.88. The van der Waals surface area contributed by atoms with Crippen molar-refractivity contribution in [2.45, 2.75) is 19.9 Å². The summed E-state index contributed by atoms with van der Waals surface area (Å²) in [5.74, 6) is -0.0367. The van der Waals surface area contributed by atoms with Gasteiger partial charge in [-0.15, -0.1) is 6.58 Å². The van der Waals surface area contributed by atoms with Crippen LogP contribution in [0.5, 0.6) is 0 Å². The Morgan fingerprint density at radius 1 is 1.41 bits per heavy atom. The molecular formula is C20H33N5O2. The summed E-state index contributed by atoms with van der Waals surface area (Å²) in [5.41, 5.74) is 16.8. The maximum Gasteiger partial charge on any atom is 0.248 e. The monoisotopic (exact) mass is 375 g/mol. The highest BCUT2D eigenvalue weighted by molar-refractivity contribution is 5.93. The second-order valence-corrected chi connectivity index (χ2v) is 6.13. The number of aldehydes is 1. The van der Waals surface area contributed by atoms with Crippen molar-refractivity contribution in [3.8, 4) is 0 Å². The van der Waals surface area contributed by atoms with E-state index in [1.807, 2.05) is 50.4 Å². The first-order valence-corrected chi connectivity index (χ1v) is 8.75. The molecule has 0 spiro atoms. The van der Waals surface area contributed by atoms with Crippen LogP contribution in [-0.4, -0.2) is 38.3 Å². The van der Waals surface area contributed by atoms with E-state index in [-0.39, 0.29) is 17.9 Å². The molecular weight excluding hydrogens is 342 g/mol. The van der Waals surface area contributed by atoms with Crippen molar-refractivity contribution in [2.75, 3.05) is 26.6 Å². The van der Waals surface area contributed by atoms with Crippen LogP contribution in [0.15, 0.2) is 43.1 Å². The summed E-state index contributed by atoms with van der Waals surface area (Å²) >= 11 is 0. The number of carbonyl (C=O) groups is 2.